The summed E-state index contributed by atoms with van der Waals surface area (Å²) < 4.78 is 0. The lowest BCUT2D eigenvalue weighted by molar-refractivity contribution is 0.456. The Hall–Kier alpha value is -0.730. The average molecular weight is 228 g/mol. The van der Waals surface area contributed by atoms with Crippen LogP contribution in [0.4, 0.5) is 0 Å². The lowest BCUT2D eigenvalue weighted by Gasteiger charge is -2.13. The number of benzene rings is 1. The summed E-state index contributed by atoms with van der Waals surface area (Å²) in [5, 5.41) is 10.2. The minimum Gasteiger partial charge on any atom is -0.508 e. The van der Waals surface area contributed by atoms with Gasteiger partial charge >= 0.3 is 0 Å². The molecular weight excluding hydrogens is 210 g/mol. The molecule has 0 aliphatic rings. The first-order chi connectivity index (χ1) is 7.15. The van der Waals surface area contributed by atoms with Gasteiger partial charge in [-0.1, -0.05) is 37.8 Å². The zero-order chi connectivity index (χ0) is 11.3. The Labute approximate surface area is 96.1 Å². The van der Waals surface area contributed by atoms with Crippen LogP contribution in [0.15, 0.2) is 18.2 Å². The molecule has 0 radical (unpaired) electrons. The minimum absolute atomic E-state index is 0.116. The summed E-state index contributed by atoms with van der Waals surface area (Å²) in [6, 6.07) is 4.89. The van der Waals surface area contributed by atoms with Crippen LogP contribution in [0.1, 0.15) is 44.2 Å². The van der Waals surface area contributed by atoms with Crippen molar-refractivity contribution in [2.24, 2.45) is 5.73 Å². The first-order valence-corrected chi connectivity index (χ1v) is 5.77. The number of nitrogens with two attached hydrogens (primary N) is 1. The zero-order valence-electron chi connectivity index (χ0n) is 9.04. The molecule has 0 saturated heterocycles. The van der Waals surface area contributed by atoms with Crippen molar-refractivity contribution in [2.45, 2.75) is 38.6 Å². The maximum Gasteiger partial charge on any atom is 0.120 e. The van der Waals surface area contributed by atoms with E-state index in [1.165, 1.54) is 12.8 Å². The van der Waals surface area contributed by atoms with Gasteiger partial charge in [-0.05, 0) is 24.6 Å². The van der Waals surface area contributed by atoms with Crippen molar-refractivity contribution < 1.29 is 5.11 Å². The van der Waals surface area contributed by atoms with Crippen LogP contribution < -0.4 is 5.73 Å². The van der Waals surface area contributed by atoms with Gasteiger partial charge in [-0.3, -0.25) is 0 Å². The highest BCUT2D eigenvalue weighted by molar-refractivity contribution is 6.30. The van der Waals surface area contributed by atoms with Gasteiger partial charge in [0.05, 0.1) is 0 Å². The van der Waals surface area contributed by atoms with Crippen molar-refractivity contribution in [3.63, 3.8) is 0 Å². The van der Waals surface area contributed by atoms with Crippen LogP contribution in [-0.2, 0) is 0 Å². The third kappa shape index (κ3) is 3.73. The highest BCUT2D eigenvalue weighted by Gasteiger charge is 2.10. The van der Waals surface area contributed by atoms with E-state index in [1.54, 1.807) is 18.2 Å². The molecule has 3 heteroatoms. The van der Waals surface area contributed by atoms with Crippen LogP contribution in [0.25, 0.3) is 0 Å². The second-order valence-electron chi connectivity index (χ2n) is 3.81. The smallest absolute Gasteiger partial charge is 0.120 e. The molecule has 0 aliphatic carbocycles. The van der Waals surface area contributed by atoms with E-state index in [1.807, 2.05) is 0 Å². The summed E-state index contributed by atoms with van der Waals surface area (Å²) in [6.45, 7) is 2.16. The van der Waals surface area contributed by atoms with Gasteiger partial charge in [-0.25, -0.2) is 0 Å². The highest BCUT2D eigenvalue weighted by Crippen LogP contribution is 2.28. The summed E-state index contributed by atoms with van der Waals surface area (Å²) in [7, 11) is 0. The Morgan fingerprint density at radius 3 is 2.80 bits per heavy atom. The fraction of sp³-hybridized carbons (Fsp3) is 0.500. The number of phenols is 1. The molecule has 0 aliphatic heterocycles. The second-order valence-corrected chi connectivity index (χ2v) is 4.24. The molecule has 0 amide bonds. The summed E-state index contributed by atoms with van der Waals surface area (Å²) in [5.41, 5.74) is 6.74. The van der Waals surface area contributed by atoms with Gasteiger partial charge in [-0.15, -0.1) is 0 Å². The van der Waals surface area contributed by atoms with Crippen molar-refractivity contribution >= 4 is 11.6 Å². The number of hydrogen-bond acceptors (Lipinski definition) is 2. The van der Waals surface area contributed by atoms with Gasteiger partial charge in [0.1, 0.15) is 5.75 Å². The number of unbranched alkanes of at least 4 members (excludes halogenated alkanes) is 2. The maximum absolute atomic E-state index is 9.62. The van der Waals surface area contributed by atoms with Crippen molar-refractivity contribution in [1.29, 1.82) is 0 Å². The van der Waals surface area contributed by atoms with Crippen LogP contribution in [0.3, 0.4) is 0 Å². The lowest BCUT2D eigenvalue weighted by Crippen LogP contribution is -2.10. The molecule has 1 rings (SSSR count). The highest BCUT2D eigenvalue weighted by atomic mass is 35.5. The van der Waals surface area contributed by atoms with E-state index in [2.05, 4.69) is 6.92 Å². The lowest BCUT2D eigenvalue weighted by atomic mass is 10.0. The predicted octanol–water partition coefficient (Wildman–Crippen LogP) is 3.63. The predicted molar refractivity (Wildman–Crippen MR) is 64.2 cm³/mol. The van der Waals surface area contributed by atoms with Gasteiger partial charge in [-0.2, -0.15) is 0 Å². The van der Waals surface area contributed by atoms with Gasteiger partial charge in [0.15, 0.2) is 0 Å². The van der Waals surface area contributed by atoms with Crippen molar-refractivity contribution in [1.82, 2.24) is 0 Å². The third-order valence-electron chi connectivity index (χ3n) is 2.51. The number of halogens is 1. The normalized spacial score (nSPS) is 12.7. The van der Waals surface area contributed by atoms with E-state index in [0.29, 0.717) is 5.02 Å². The SMILES string of the molecule is CCCCC[C@@H](N)c1cc(Cl)ccc1O. The fourth-order valence-corrected chi connectivity index (χ4v) is 1.77. The molecule has 0 spiro atoms. The Bertz CT molecular complexity index is 314. The molecule has 0 aromatic heterocycles. The molecule has 84 valence electrons. The van der Waals surface area contributed by atoms with E-state index in [0.717, 1.165) is 18.4 Å². The minimum atomic E-state index is -0.116. The molecule has 1 atom stereocenters. The Morgan fingerprint density at radius 1 is 1.40 bits per heavy atom. The second kappa shape index (κ2) is 5.99. The molecule has 1 aromatic rings. The van der Waals surface area contributed by atoms with Crippen LogP contribution in [0, 0.1) is 0 Å². The van der Waals surface area contributed by atoms with Crippen LogP contribution in [-0.4, -0.2) is 5.11 Å². The molecule has 0 saturated carbocycles. The Morgan fingerprint density at radius 2 is 2.13 bits per heavy atom. The summed E-state index contributed by atoms with van der Waals surface area (Å²) in [5.74, 6) is 0.239. The molecule has 0 bridgehead atoms. The number of hydrogen-bond donors (Lipinski definition) is 2. The molecule has 1 aromatic carbocycles. The van der Waals surface area contributed by atoms with E-state index in [-0.39, 0.29) is 11.8 Å². The van der Waals surface area contributed by atoms with Gasteiger partial charge in [0.2, 0.25) is 0 Å². The largest absolute Gasteiger partial charge is 0.508 e. The number of rotatable bonds is 5. The van der Waals surface area contributed by atoms with Crippen molar-refractivity contribution in [2.75, 3.05) is 0 Å². The van der Waals surface area contributed by atoms with E-state index < -0.39 is 0 Å². The summed E-state index contributed by atoms with van der Waals surface area (Å²) in [6.07, 6.45) is 4.33. The van der Waals surface area contributed by atoms with E-state index in [9.17, 15) is 5.11 Å². The fourth-order valence-electron chi connectivity index (χ4n) is 1.59. The van der Waals surface area contributed by atoms with Crippen LogP contribution >= 0.6 is 11.6 Å². The molecule has 0 heterocycles. The molecular formula is C12H18ClNO. The van der Waals surface area contributed by atoms with Crippen molar-refractivity contribution in [3.8, 4) is 5.75 Å². The molecule has 15 heavy (non-hydrogen) atoms. The van der Waals surface area contributed by atoms with Crippen LogP contribution in [0.2, 0.25) is 5.02 Å². The maximum atomic E-state index is 9.62. The Balaban J connectivity index is 2.64. The van der Waals surface area contributed by atoms with Crippen molar-refractivity contribution in [3.05, 3.63) is 28.8 Å². The van der Waals surface area contributed by atoms with Gasteiger partial charge < -0.3 is 10.8 Å². The van der Waals surface area contributed by atoms with Crippen LogP contribution in [0.5, 0.6) is 5.75 Å². The van der Waals surface area contributed by atoms with Gasteiger partial charge in [0, 0.05) is 16.6 Å². The molecule has 0 fully saturated rings. The molecule has 0 unspecified atom stereocenters. The Kier molecular flexibility index (Phi) is 4.92. The summed E-state index contributed by atoms with van der Waals surface area (Å²) >= 11 is 5.86. The first kappa shape index (κ1) is 12.3. The molecule has 3 N–H and O–H groups in total. The molecule has 2 nitrogen and oxygen atoms in total. The summed E-state index contributed by atoms with van der Waals surface area (Å²) in [4.78, 5) is 0. The monoisotopic (exact) mass is 227 g/mol. The average Bonchev–Trinajstić information content (AvgIpc) is 2.22. The van der Waals surface area contributed by atoms with E-state index >= 15 is 0 Å². The zero-order valence-corrected chi connectivity index (χ0v) is 9.80. The standard InChI is InChI=1S/C12H18ClNO/c1-2-3-4-5-11(14)10-8-9(13)6-7-12(10)15/h6-8,11,15H,2-5,14H2,1H3/t11-/m1/s1. The topological polar surface area (TPSA) is 46.2 Å². The van der Waals surface area contributed by atoms with Gasteiger partial charge in [0.25, 0.3) is 0 Å². The quantitative estimate of drug-likeness (QED) is 0.755. The number of phenolic OH excluding ortho intramolecular Hbond substituents is 1. The van der Waals surface area contributed by atoms with E-state index in [4.69, 9.17) is 17.3 Å². The first-order valence-electron chi connectivity index (χ1n) is 5.39. The number of aromatic hydroxyl groups is 1. The third-order valence-corrected chi connectivity index (χ3v) is 2.74.